The molecule has 0 bridgehead atoms. The van der Waals surface area contributed by atoms with Gasteiger partial charge in [-0.1, -0.05) is 32.3 Å². The van der Waals surface area contributed by atoms with E-state index in [1.807, 2.05) is 19.3 Å². The summed E-state index contributed by atoms with van der Waals surface area (Å²) in [6.07, 6.45) is 6.82. The van der Waals surface area contributed by atoms with Crippen LogP contribution in [0.5, 0.6) is 0 Å². The number of nitrogens with one attached hydrogen (secondary N) is 2. The van der Waals surface area contributed by atoms with Crippen molar-refractivity contribution in [2.75, 3.05) is 38.3 Å². The molecule has 2 N–H and O–H groups in total. The number of aliphatic imine (C=N–C) groups is 1. The van der Waals surface area contributed by atoms with Crippen molar-refractivity contribution in [1.29, 1.82) is 0 Å². The van der Waals surface area contributed by atoms with Crippen LogP contribution in [-0.4, -0.2) is 50.3 Å². The molecule has 2 heterocycles. The lowest BCUT2D eigenvalue weighted by Gasteiger charge is -2.29. The predicted octanol–water partition coefficient (Wildman–Crippen LogP) is 2.55. The van der Waals surface area contributed by atoms with E-state index in [0.717, 1.165) is 38.1 Å². The quantitative estimate of drug-likeness (QED) is 0.430. The summed E-state index contributed by atoms with van der Waals surface area (Å²) < 4.78 is 5.45. The van der Waals surface area contributed by atoms with Crippen molar-refractivity contribution in [1.82, 2.24) is 15.6 Å². The Labute approximate surface area is 152 Å². The molecule has 2 rings (SSSR count). The number of guanidine groups is 1. The predicted molar refractivity (Wildman–Crippen MR) is 104 cm³/mol. The number of hydrogen-bond donors (Lipinski definition) is 2. The molecule has 1 saturated heterocycles. The van der Waals surface area contributed by atoms with Gasteiger partial charge in [-0.3, -0.25) is 4.99 Å². The van der Waals surface area contributed by atoms with Gasteiger partial charge in [-0.15, -0.1) is 0 Å². The van der Waals surface area contributed by atoms with Crippen molar-refractivity contribution < 1.29 is 4.74 Å². The fourth-order valence-corrected chi connectivity index (χ4v) is 3.01. The van der Waals surface area contributed by atoms with E-state index in [-0.39, 0.29) is 0 Å². The zero-order valence-corrected chi connectivity index (χ0v) is 15.9. The summed E-state index contributed by atoms with van der Waals surface area (Å²) in [6.45, 7) is 8.48. The van der Waals surface area contributed by atoms with Gasteiger partial charge < -0.3 is 20.3 Å². The maximum absolute atomic E-state index is 5.45. The summed E-state index contributed by atoms with van der Waals surface area (Å²) in [5, 5.41) is 6.91. The van der Waals surface area contributed by atoms with Crippen LogP contribution in [0.2, 0.25) is 0 Å². The molecule has 1 aromatic heterocycles. The first kappa shape index (κ1) is 19.5. The van der Waals surface area contributed by atoms with Crippen LogP contribution in [-0.2, 0) is 11.3 Å². The monoisotopic (exact) mass is 347 g/mol. The van der Waals surface area contributed by atoms with E-state index < -0.39 is 0 Å². The lowest BCUT2D eigenvalue weighted by atomic mass is 10.1. The number of nitrogens with zero attached hydrogens (tertiary/aromatic N) is 3. The van der Waals surface area contributed by atoms with Gasteiger partial charge in [0, 0.05) is 44.5 Å². The minimum atomic E-state index is 0.422. The summed E-state index contributed by atoms with van der Waals surface area (Å²) in [4.78, 5) is 11.2. The molecule has 1 unspecified atom stereocenters. The molecule has 1 atom stereocenters. The van der Waals surface area contributed by atoms with Crippen LogP contribution in [0.4, 0.5) is 5.82 Å². The Hall–Kier alpha value is -1.82. The Balaban J connectivity index is 1.88. The number of unbranched alkanes of at least 4 members (excludes halogenated alkanes) is 2. The molecule has 25 heavy (non-hydrogen) atoms. The Kier molecular flexibility index (Phi) is 8.52. The summed E-state index contributed by atoms with van der Waals surface area (Å²) in [7, 11) is 1.82. The highest BCUT2D eigenvalue weighted by Gasteiger charge is 2.16. The minimum Gasteiger partial charge on any atom is -0.378 e. The minimum absolute atomic E-state index is 0.422. The smallest absolute Gasteiger partial charge is 0.191 e. The number of morpholine rings is 1. The topological polar surface area (TPSA) is 61.8 Å². The first-order valence-corrected chi connectivity index (χ1v) is 9.48. The second-order valence-corrected chi connectivity index (χ2v) is 6.55. The van der Waals surface area contributed by atoms with Gasteiger partial charge in [0.15, 0.2) is 5.96 Å². The Morgan fingerprint density at radius 1 is 1.36 bits per heavy atom. The molecule has 6 heteroatoms. The van der Waals surface area contributed by atoms with Gasteiger partial charge in [-0.05, 0) is 19.4 Å². The Morgan fingerprint density at radius 3 is 2.88 bits per heavy atom. The van der Waals surface area contributed by atoms with Crippen molar-refractivity contribution >= 4 is 11.8 Å². The van der Waals surface area contributed by atoms with Gasteiger partial charge >= 0.3 is 0 Å². The van der Waals surface area contributed by atoms with Crippen molar-refractivity contribution in [3.63, 3.8) is 0 Å². The summed E-state index contributed by atoms with van der Waals surface area (Å²) in [5.74, 6) is 1.89. The van der Waals surface area contributed by atoms with Crippen LogP contribution in [0.15, 0.2) is 23.3 Å². The van der Waals surface area contributed by atoms with Crippen LogP contribution < -0.4 is 15.5 Å². The second kappa shape index (κ2) is 10.9. The van der Waals surface area contributed by atoms with Gasteiger partial charge in [-0.25, -0.2) is 4.98 Å². The van der Waals surface area contributed by atoms with Crippen molar-refractivity contribution in [2.24, 2.45) is 4.99 Å². The molecular formula is C19H33N5O. The van der Waals surface area contributed by atoms with Crippen LogP contribution >= 0.6 is 0 Å². The van der Waals surface area contributed by atoms with E-state index >= 15 is 0 Å². The van der Waals surface area contributed by atoms with Gasteiger partial charge in [0.25, 0.3) is 0 Å². The molecule has 1 aliphatic heterocycles. The van der Waals surface area contributed by atoms with Gasteiger partial charge in [0.1, 0.15) is 5.82 Å². The van der Waals surface area contributed by atoms with E-state index in [4.69, 9.17) is 4.74 Å². The molecular weight excluding hydrogens is 314 g/mol. The summed E-state index contributed by atoms with van der Waals surface area (Å²) in [5.41, 5.74) is 1.19. The Bertz CT molecular complexity index is 528. The zero-order chi connectivity index (χ0) is 17.9. The van der Waals surface area contributed by atoms with Crippen molar-refractivity contribution in [3.05, 3.63) is 23.9 Å². The fraction of sp³-hybridized carbons (Fsp3) is 0.684. The van der Waals surface area contributed by atoms with Crippen LogP contribution in [0.1, 0.15) is 45.1 Å². The third-order valence-electron chi connectivity index (χ3n) is 4.47. The molecule has 1 aromatic rings. The normalized spacial score (nSPS) is 16.6. The van der Waals surface area contributed by atoms with E-state index in [0.29, 0.717) is 12.6 Å². The van der Waals surface area contributed by atoms with Crippen molar-refractivity contribution in [2.45, 2.75) is 52.1 Å². The molecule has 140 valence electrons. The zero-order valence-electron chi connectivity index (χ0n) is 15.9. The third-order valence-corrected chi connectivity index (χ3v) is 4.47. The highest BCUT2D eigenvalue weighted by Crippen LogP contribution is 2.18. The number of pyridine rings is 1. The number of ether oxygens (including phenoxy) is 1. The van der Waals surface area contributed by atoms with Crippen LogP contribution in [0.25, 0.3) is 0 Å². The first-order chi connectivity index (χ1) is 12.2. The van der Waals surface area contributed by atoms with Crippen molar-refractivity contribution in [3.8, 4) is 0 Å². The van der Waals surface area contributed by atoms with E-state index in [1.54, 1.807) is 0 Å². The highest BCUT2D eigenvalue weighted by atomic mass is 16.5. The first-order valence-electron chi connectivity index (χ1n) is 9.48. The number of aromatic nitrogens is 1. The molecule has 0 radical (unpaired) electrons. The maximum atomic E-state index is 5.45. The molecule has 6 nitrogen and oxygen atoms in total. The third kappa shape index (κ3) is 6.53. The number of rotatable bonds is 8. The average Bonchev–Trinajstić information content (AvgIpc) is 2.66. The van der Waals surface area contributed by atoms with Gasteiger partial charge in [-0.2, -0.15) is 0 Å². The molecule has 1 aliphatic rings. The SMILES string of the molecule is CCCCCC(C)NC(=NC)NCc1cccnc1N1CCOCC1. The summed E-state index contributed by atoms with van der Waals surface area (Å²) in [6, 6.07) is 4.54. The van der Waals surface area contributed by atoms with E-state index in [9.17, 15) is 0 Å². The lowest BCUT2D eigenvalue weighted by Crippen LogP contribution is -2.42. The number of hydrogen-bond acceptors (Lipinski definition) is 4. The van der Waals surface area contributed by atoms with Gasteiger partial charge in [0.2, 0.25) is 0 Å². The number of anilines is 1. The summed E-state index contributed by atoms with van der Waals surface area (Å²) >= 11 is 0. The molecule has 0 saturated carbocycles. The van der Waals surface area contributed by atoms with Crippen LogP contribution in [0.3, 0.4) is 0 Å². The fourth-order valence-electron chi connectivity index (χ4n) is 3.01. The average molecular weight is 348 g/mol. The van der Waals surface area contributed by atoms with Gasteiger partial charge in [0.05, 0.1) is 13.2 Å². The Morgan fingerprint density at radius 2 is 2.16 bits per heavy atom. The van der Waals surface area contributed by atoms with Crippen LogP contribution in [0, 0.1) is 0 Å². The molecule has 0 spiro atoms. The molecule has 1 fully saturated rings. The van der Waals surface area contributed by atoms with E-state index in [1.165, 1.54) is 31.2 Å². The molecule has 0 amide bonds. The lowest BCUT2D eigenvalue weighted by molar-refractivity contribution is 0.122. The van der Waals surface area contributed by atoms with E-state index in [2.05, 4.69) is 45.4 Å². The standard InChI is InChI=1S/C19H33N5O/c1-4-5-6-8-16(2)23-19(20-3)22-15-17-9-7-10-21-18(17)24-11-13-25-14-12-24/h7,9-10,16H,4-6,8,11-15H2,1-3H3,(H2,20,22,23). The molecule has 0 aliphatic carbocycles. The second-order valence-electron chi connectivity index (χ2n) is 6.55. The largest absolute Gasteiger partial charge is 0.378 e. The maximum Gasteiger partial charge on any atom is 0.191 e. The molecule has 0 aromatic carbocycles. The highest BCUT2D eigenvalue weighted by molar-refractivity contribution is 5.80.